The summed E-state index contributed by atoms with van der Waals surface area (Å²) in [5.74, 6) is 0.573. The number of hydrogen-bond acceptors (Lipinski definition) is 4. The van der Waals surface area contributed by atoms with Crippen LogP contribution in [0.5, 0.6) is 0 Å². The van der Waals surface area contributed by atoms with Gasteiger partial charge in [-0.2, -0.15) is 13.2 Å². The molecule has 29 heavy (non-hydrogen) atoms. The van der Waals surface area contributed by atoms with E-state index in [1.54, 1.807) is 17.4 Å². The molecule has 0 saturated heterocycles. The molecule has 0 bridgehead atoms. The Balaban J connectivity index is 1.52. The van der Waals surface area contributed by atoms with Gasteiger partial charge in [0, 0.05) is 11.6 Å². The van der Waals surface area contributed by atoms with Crippen LogP contribution in [0.2, 0.25) is 0 Å². The third-order valence-electron chi connectivity index (χ3n) is 5.30. The topological polar surface area (TPSA) is 54.9 Å². The van der Waals surface area contributed by atoms with Gasteiger partial charge in [0.2, 0.25) is 0 Å². The summed E-state index contributed by atoms with van der Waals surface area (Å²) < 4.78 is 39.4. The van der Waals surface area contributed by atoms with Crippen LogP contribution in [-0.4, -0.2) is 15.9 Å². The van der Waals surface area contributed by atoms with Crippen molar-refractivity contribution in [3.63, 3.8) is 0 Å². The van der Waals surface area contributed by atoms with Crippen molar-refractivity contribution in [3.05, 3.63) is 52.8 Å². The molecule has 4 rings (SSSR count). The van der Waals surface area contributed by atoms with Gasteiger partial charge < -0.3 is 5.32 Å². The summed E-state index contributed by atoms with van der Waals surface area (Å²) in [4.78, 5) is 20.5. The SMILES string of the molecule is CC1CCC(c2nc3ccc(NC(=O)c4cccc(C(F)(F)F)n4)cc3s2)CC1. The number of anilines is 1. The molecule has 0 aliphatic heterocycles. The maximum Gasteiger partial charge on any atom is 0.433 e. The van der Waals surface area contributed by atoms with E-state index in [0.717, 1.165) is 40.1 Å². The van der Waals surface area contributed by atoms with Crippen LogP contribution in [0.15, 0.2) is 36.4 Å². The van der Waals surface area contributed by atoms with Crippen LogP contribution < -0.4 is 5.32 Å². The molecule has 2 aromatic heterocycles. The minimum Gasteiger partial charge on any atom is -0.321 e. The van der Waals surface area contributed by atoms with Crippen molar-refractivity contribution in [2.24, 2.45) is 5.92 Å². The van der Waals surface area contributed by atoms with E-state index in [9.17, 15) is 18.0 Å². The second-order valence-electron chi connectivity index (χ2n) is 7.55. The minimum absolute atomic E-state index is 0.277. The van der Waals surface area contributed by atoms with Crippen LogP contribution in [0.4, 0.5) is 18.9 Å². The Hall–Kier alpha value is -2.48. The fraction of sp³-hybridized carbons (Fsp3) is 0.381. The van der Waals surface area contributed by atoms with E-state index in [2.05, 4.69) is 17.2 Å². The van der Waals surface area contributed by atoms with Crippen molar-refractivity contribution in [2.75, 3.05) is 5.32 Å². The average molecular weight is 419 g/mol. The molecule has 2 heterocycles. The Bertz CT molecular complexity index is 1040. The number of aromatic nitrogens is 2. The molecule has 1 amide bonds. The van der Waals surface area contributed by atoms with Crippen molar-refractivity contribution < 1.29 is 18.0 Å². The van der Waals surface area contributed by atoms with Crippen molar-refractivity contribution in [3.8, 4) is 0 Å². The Morgan fingerprint density at radius 1 is 1.10 bits per heavy atom. The number of alkyl halides is 3. The number of benzene rings is 1. The molecule has 1 fully saturated rings. The van der Waals surface area contributed by atoms with Crippen molar-refractivity contribution in [1.82, 2.24) is 9.97 Å². The first-order valence-electron chi connectivity index (χ1n) is 9.55. The number of amides is 1. The number of halogens is 3. The van der Waals surface area contributed by atoms with E-state index in [1.165, 1.54) is 25.0 Å². The van der Waals surface area contributed by atoms with Gasteiger partial charge in [-0.15, -0.1) is 11.3 Å². The van der Waals surface area contributed by atoms with Gasteiger partial charge in [0.1, 0.15) is 11.4 Å². The summed E-state index contributed by atoms with van der Waals surface area (Å²) in [7, 11) is 0. The molecular weight excluding hydrogens is 399 g/mol. The Labute approximate surface area is 170 Å². The van der Waals surface area contributed by atoms with Gasteiger partial charge in [0.05, 0.1) is 15.2 Å². The molecule has 0 atom stereocenters. The largest absolute Gasteiger partial charge is 0.433 e. The monoisotopic (exact) mass is 419 g/mol. The van der Waals surface area contributed by atoms with E-state index >= 15 is 0 Å². The lowest BCUT2D eigenvalue weighted by atomic mass is 9.83. The summed E-state index contributed by atoms with van der Waals surface area (Å²) >= 11 is 1.62. The van der Waals surface area contributed by atoms with Gasteiger partial charge in [-0.05, 0) is 49.1 Å². The van der Waals surface area contributed by atoms with Crippen LogP contribution in [0.1, 0.15) is 59.7 Å². The van der Waals surface area contributed by atoms with Crippen molar-refractivity contribution in [1.29, 1.82) is 0 Å². The van der Waals surface area contributed by atoms with Crippen LogP contribution in [0, 0.1) is 5.92 Å². The summed E-state index contributed by atoms with van der Waals surface area (Å²) in [6.07, 6.45) is 0.126. The number of nitrogens with one attached hydrogen (secondary N) is 1. The number of carbonyl (C=O) groups excluding carboxylic acids is 1. The van der Waals surface area contributed by atoms with Gasteiger partial charge in [-0.3, -0.25) is 4.79 Å². The van der Waals surface area contributed by atoms with Gasteiger partial charge in [0.25, 0.3) is 5.91 Å². The third kappa shape index (κ3) is 4.42. The fourth-order valence-electron chi connectivity index (χ4n) is 3.62. The first kappa shape index (κ1) is 19.8. The Morgan fingerprint density at radius 2 is 1.86 bits per heavy atom. The zero-order valence-electron chi connectivity index (χ0n) is 15.8. The highest BCUT2D eigenvalue weighted by Crippen LogP contribution is 2.39. The highest BCUT2D eigenvalue weighted by Gasteiger charge is 2.33. The van der Waals surface area contributed by atoms with Crippen LogP contribution in [-0.2, 0) is 6.18 Å². The zero-order valence-corrected chi connectivity index (χ0v) is 16.6. The molecule has 8 heteroatoms. The van der Waals surface area contributed by atoms with Crippen LogP contribution in [0.3, 0.4) is 0 Å². The van der Waals surface area contributed by atoms with Crippen molar-refractivity contribution in [2.45, 2.75) is 44.7 Å². The molecule has 0 unspecified atom stereocenters. The highest BCUT2D eigenvalue weighted by atomic mass is 32.1. The lowest BCUT2D eigenvalue weighted by Crippen LogP contribution is -2.16. The number of pyridine rings is 1. The number of hydrogen-bond donors (Lipinski definition) is 1. The highest BCUT2D eigenvalue weighted by molar-refractivity contribution is 7.18. The molecule has 0 radical (unpaired) electrons. The molecule has 0 spiro atoms. The summed E-state index contributed by atoms with van der Waals surface area (Å²) in [6.45, 7) is 2.28. The van der Waals surface area contributed by atoms with Crippen molar-refractivity contribution >= 4 is 33.1 Å². The van der Waals surface area contributed by atoms with E-state index in [4.69, 9.17) is 4.98 Å². The maximum absolute atomic E-state index is 12.8. The molecule has 1 saturated carbocycles. The summed E-state index contributed by atoms with van der Waals surface area (Å²) in [5, 5.41) is 3.75. The third-order valence-corrected chi connectivity index (χ3v) is 6.48. The number of carbonyl (C=O) groups is 1. The molecule has 1 aliphatic carbocycles. The van der Waals surface area contributed by atoms with Crippen LogP contribution in [0.25, 0.3) is 10.2 Å². The second kappa shape index (κ2) is 7.74. The minimum atomic E-state index is -4.59. The molecular formula is C21H20F3N3OS. The molecule has 1 aliphatic rings. The van der Waals surface area contributed by atoms with Crippen LogP contribution >= 0.6 is 11.3 Å². The predicted octanol–water partition coefficient (Wildman–Crippen LogP) is 6.26. The number of fused-ring (bicyclic) bond motifs is 1. The van der Waals surface area contributed by atoms with E-state index in [1.807, 2.05) is 12.1 Å². The fourth-order valence-corrected chi connectivity index (χ4v) is 4.79. The quantitative estimate of drug-likeness (QED) is 0.545. The smallest absolute Gasteiger partial charge is 0.321 e. The number of nitrogens with zero attached hydrogens (tertiary/aromatic N) is 2. The zero-order chi connectivity index (χ0) is 20.6. The summed E-state index contributed by atoms with van der Waals surface area (Å²) in [6, 6.07) is 8.63. The molecule has 1 aromatic carbocycles. The number of thiazole rings is 1. The van der Waals surface area contributed by atoms with Gasteiger partial charge >= 0.3 is 6.18 Å². The van der Waals surface area contributed by atoms with Gasteiger partial charge in [0.15, 0.2) is 0 Å². The second-order valence-corrected chi connectivity index (χ2v) is 8.61. The lowest BCUT2D eigenvalue weighted by Gasteiger charge is -2.24. The average Bonchev–Trinajstić information content (AvgIpc) is 3.11. The normalized spacial score (nSPS) is 20.0. The standard InChI is InChI=1S/C21H20F3N3OS/c1-12-5-7-13(8-6-12)20-27-15-10-9-14(11-17(15)29-20)25-19(28)16-3-2-4-18(26-16)21(22,23)24/h2-4,9-13H,5-8H2,1H3,(H,25,28). The van der Waals surface area contributed by atoms with Gasteiger partial charge in [-0.1, -0.05) is 25.8 Å². The van der Waals surface area contributed by atoms with Gasteiger partial charge in [-0.25, -0.2) is 9.97 Å². The maximum atomic E-state index is 12.8. The first-order valence-corrected chi connectivity index (χ1v) is 10.4. The summed E-state index contributed by atoms with van der Waals surface area (Å²) in [5.41, 5.74) is 0.0173. The molecule has 3 aromatic rings. The Morgan fingerprint density at radius 3 is 2.59 bits per heavy atom. The molecule has 4 nitrogen and oxygen atoms in total. The van der Waals surface area contributed by atoms with E-state index < -0.39 is 17.8 Å². The van der Waals surface area contributed by atoms with E-state index in [0.29, 0.717) is 11.6 Å². The first-order chi connectivity index (χ1) is 13.8. The molecule has 152 valence electrons. The Kier molecular flexibility index (Phi) is 5.29. The number of rotatable bonds is 3. The predicted molar refractivity (Wildman–Crippen MR) is 107 cm³/mol. The lowest BCUT2D eigenvalue weighted by molar-refractivity contribution is -0.141. The van der Waals surface area contributed by atoms with E-state index in [-0.39, 0.29) is 5.69 Å². The molecule has 1 N–H and O–H groups in total.